The number of benzene rings is 4. The summed E-state index contributed by atoms with van der Waals surface area (Å²) in [7, 11) is 0. The summed E-state index contributed by atoms with van der Waals surface area (Å²) in [5.41, 5.74) is 2.46. The van der Waals surface area contributed by atoms with Crippen LogP contribution in [0.2, 0.25) is 0 Å². The van der Waals surface area contributed by atoms with Gasteiger partial charge in [-0.3, -0.25) is 0 Å². The van der Waals surface area contributed by atoms with Crippen LogP contribution in [0, 0.1) is 11.6 Å². The highest BCUT2D eigenvalue weighted by Crippen LogP contribution is 2.42. The van der Waals surface area contributed by atoms with Crippen LogP contribution in [-0.2, 0) is 25.9 Å². The minimum atomic E-state index is -4.42. The maximum absolute atomic E-state index is 14.7. The van der Waals surface area contributed by atoms with Crippen LogP contribution < -0.4 is 4.74 Å². The Bertz CT molecular complexity index is 1850. The van der Waals surface area contributed by atoms with Crippen molar-refractivity contribution >= 4 is 45.2 Å². The summed E-state index contributed by atoms with van der Waals surface area (Å²) < 4.78 is 119. The summed E-state index contributed by atoms with van der Waals surface area (Å²) in [5.74, 6) is -1.08. The molecular weight excluding hydrogens is 922 g/mol. The highest BCUT2D eigenvalue weighted by Gasteiger charge is 2.32. The van der Waals surface area contributed by atoms with E-state index < -0.39 is 41.4 Å². The molecule has 52 heavy (non-hydrogen) atoms. The predicted octanol–water partition coefficient (Wildman–Crippen LogP) is 13.8. The zero-order valence-corrected chi connectivity index (χ0v) is 33.1. The lowest BCUT2D eigenvalue weighted by Gasteiger charge is -2.26. The summed E-state index contributed by atoms with van der Waals surface area (Å²) in [4.78, 5) is 0. The molecule has 4 aromatic rings. The first-order chi connectivity index (χ1) is 24.3. The molecule has 0 bridgehead atoms. The fourth-order valence-corrected chi connectivity index (χ4v) is 7.05. The van der Waals surface area contributed by atoms with Crippen molar-refractivity contribution < 1.29 is 49.7 Å². The number of rotatable bonds is 8. The number of phenolic OH excluding ortho intramolecular Hbond substituents is 1. The largest absolute Gasteiger partial charge is 0.507 e. The molecule has 1 saturated heterocycles. The van der Waals surface area contributed by atoms with Gasteiger partial charge in [0.2, 0.25) is 0 Å². The maximum Gasteiger partial charge on any atom is 0.416 e. The van der Waals surface area contributed by atoms with Gasteiger partial charge in [0.05, 0.1) is 17.7 Å². The lowest BCUT2D eigenvalue weighted by molar-refractivity contribution is -0.138. The Morgan fingerprint density at radius 3 is 1.62 bits per heavy atom. The lowest BCUT2D eigenvalue weighted by atomic mass is 9.93. The fourth-order valence-electron chi connectivity index (χ4n) is 5.79. The molecule has 5 rings (SSSR count). The van der Waals surface area contributed by atoms with Crippen LogP contribution in [0.5, 0.6) is 11.5 Å². The summed E-state index contributed by atoms with van der Waals surface area (Å²) in [6, 6.07) is 12.6. The zero-order chi connectivity index (χ0) is 38.5. The van der Waals surface area contributed by atoms with E-state index in [1.165, 1.54) is 24.3 Å². The Kier molecular flexibility index (Phi) is 14.3. The van der Waals surface area contributed by atoms with Crippen molar-refractivity contribution in [2.45, 2.75) is 86.3 Å². The Hall–Kier alpha value is -2.66. The molecule has 0 amide bonds. The van der Waals surface area contributed by atoms with Gasteiger partial charge in [-0.2, -0.15) is 26.3 Å². The van der Waals surface area contributed by atoms with Gasteiger partial charge in [0.15, 0.2) is 6.29 Å². The van der Waals surface area contributed by atoms with Gasteiger partial charge in [-0.1, -0.05) is 85.0 Å². The van der Waals surface area contributed by atoms with Crippen molar-refractivity contribution in [3.05, 3.63) is 106 Å². The van der Waals surface area contributed by atoms with Crippen LogP contribution in [0.15, 0.2) is 60.7 Å². The van der Waals surface area contributed by atoms with Gasteiger partial charge in [0, 0.05) is 38.5 Å². The molecule has 1 aliphatic rings. The van der Waals surface area contributed by atoms with E-state index in [1.807, 2.05) is 72.9 Å². The molecule has 4 aromatic carbocycles. The average Bonchev–Trinajstić information content (AvgIpc) is 3.07. The first-order valence-electron chi connectivity index (χ1n) is 16.5. The highest BCUT2D eigenvalue weighted by molar-refractivity contribution is 14.1. The van der Waals surface area contributed by atoms with Gasteiger partial charge in [-0.05, 0) is 94.5 Å². The van der Waals surface area contributed by atoms with Crippen LogP contribution in [0.25, 0.3) is 22.3 Å². The molecule has 1 N–H and O–H groups in total. The molecule has 1 unspecified atom stereocenters. The van der Waals surface area contributed by atoms with E-state index in [2.05, 4.69) is 0 Å². The molecular formula is C39H38F8I2O3. The number of ether oxygens (including phenoxy) is 2. The van der Waals surface area contributed by atoms with E-state index in [0.29, 0.717) is 72.1 Å². The number of phenols is 1. The third kappa shape index (κ3) is 10.3. The van der Waals surface area contributed by atoms with Crippen molar-refractivity contribution in [2.75, 3.05) is 6.61 Å². The molecule has 0 aromatic heterocycles. The van der Waals surface area contributed by atoms with E-state index in [0.717, 1.165) is 43.2 Å². The van der Waals surface area contributed by atoms with Crippen LogP contribution in [0.3, 0.4) is 0 Å². The quantitative estimate of drug-likeness (QED) is 0.109. The predicted molar refractivity (Wildman–Crippen MR) is 203 cm³/mol. The second kappa shape index (κ2) is 17.7. The van der Waals surface area contributed by atoms with Crippen LogP contribution in [0.4, 0.5) is 35.1 Å². The third-order valence-corrected chi connectivity index (χ3v) is 10.2. The molecule has 1 fully saturated rings. The Morgan fingerprint density at radius 1 is 0.692 bits per heavy atom. The summed E-state index contributed by atoms with van der Waals surface area (Å²) in [6.07, 6.45) is -6.73. The molecule has 0 radical (unpaired) electrons. The maximum atomic E-state index is 14.7. The average molecular weight is 961 g/mol. The van der Waals surface area contributed by atoms with Crippen molar-refractivity contribution in [3.8, 4) is 33.8 Å². The van der Waals surface area contributed by atoms with E-state index in [-0.39, 0.29) is 17.6 Å². The Labute approximate surface area is 325 Å². The summed E-state index contributed by atoms with van der Waals surface area (Å²) in [5, 5.41) is 10.0. The van der Waals surface area contributed by atoms with Crippen molar-refractivity contribution in [3.63, 3.8) is 0 Å². The van der Waals surface area contributed by atoms with Gasteiger partial charge in [-0.15, -0.1) is 0 Å². The van der Waals surface area contributed by atoms with E-state index in [9.17, 15) is 40.2 Å². The number of alkyl halides is 8. The minimum Gasteiger partial charge on any atom is -0.507 e. The molecule has 282 valence electrons. The zero-order valence-electron chi connectivity index (χ0n) is 28.8. The topological polar surface area (TPSA) is 38.7 Å². The highest BCUT2D eigenvalue weighted by atomic mass is 127. The van der Waals surface area contributed by atoms with E-state index in [1.54, 1.807) is 6.07 Å². The molecule has 0 saturated carbocycles. The van der Waals surface area contributed by atoms with Gasteiger partial charge < -0.3 is 14.6 Å². The van der Waals surface area contributed by atoms with Crippen molar-refractivity contribution in [1.29, 1.82) is 0 Å². The molecule has 0 spiro atoms. The first kappa shape index (κ1) is 42.1. The lowest BCUT2D eigenvalue weighted by Crippen LogP contribution is -2.25. The second-order valence-corrected chi connectivity index (χ2v) is 14.5. The van der Waals surface area contributed by atoms with Crippen LogP contribution in [-0.4, -0.2) is 18.0 Å². The normalized spacial score (nSPS) is 15.1. The van der Waals surface area contributed by atoms with Crippen molar-refractivity contribution in [1.82, 2.24) is 0 Å². The molecule has 1 aliphatic heterocycles. The molecule has 13 heteroatoms. The van der Waals surface area contributed by atoms with Gasteiger partial charge in [0.25, 0.3) is 0 Å². The molecule has 1 atom stereocenters. The third-order valence-electron chi connectivity index (χ3n) is 8.59. The SMILES string of the molecule is CC(C)c1cc(-c2ccc(C(F)(F)F)cc2CI)c(O)cc1F.CC(C)c1cc(-c2ccc(C(F)(F)F)cc2CI)c(OC2CCCCO2)cc1F. The first-order valence-corrected chi connectivity index (χ1v) is 19.6. The smallest absolute Gasteiger partial charge is 0.416 e. The van der Waals surface area contributed by atoms with Gasteiger partial charge in [0.1, 0.15) is 23.1 Å². The fraction of sp³-hybridized carbons (Fsp3) is 0.385. The van der Waals surface area contributed by atoms with Crippen LogP contribution in [0.1, 0.15) is 92.2 Å². The number of hydrogen-bond donors (Lipinski definition) is 1. The number of halogens is 10. The number of hydrogen-bond acceptors (Lipinski definition) is 3. The summed E-state index contributed by atoms with van der Waals surface area (Å²) >= 11 is 4.01. The summed E-state index contributed by atoms with van der Waals surface area (Å²) in [6.45, 7) is 7.94. The minimum absolute atomic E-state index is 0.0776. The molecule has 0 aliphatic carbocycles. The molecule has 1 heterocycles. The second-order valence-electron chi connectivity index (χ2n) is 13.0. The standard InChI is InChI=1S/C22H23F4IO2.C17H15F4IO/c1-13(2)17-10-18(16-7-6-15(22(24,25)26)9-14(16)12-27)20(11-19(17)23)29-21-5-3-4-8-28-21;1-9(2)13-6-14(16(23)7-15(13)18)12-4-3-11(17(19,20)21)5-10(12)8-22/h6-7,9-11,13,21H,3-5,8,12H2,1-2H3;3-7,9,23H,8H2,1-2H3. The Morgan fingerprint density at radius 2 is 1.17 bits per heavy atom. The number of aromatic hydroxyl groups is 1. The van der Waals surface area contributed by atoms with E-state index in [4.69, 9.17) is 9.47 Å². The van der Waals surface area contributed by atoms with Crippen molar-refractivity contribution in [2.24, 2.45) is 0 Å². The van der Waals surface area contributed by atoms with E-state index >= 15 is 0 Å². The monoisotopic (exact) mass is 960 g/mol. The van der Waals surface area contributed by atoms with Gasteiger partial charge >= 0.3 is 12.4 Å². The van der Waals surface area contributed by atoms with Crippen LogP contribution >= 0.6 is 45.2 Å². The molecule has 3 nitrogen and oxygen atoms in total. The van der Waals surface area contributed by atoms with Gasteiger partial charge in [-0.25, -0.2) is 8.78 Å². The Balaban J connectivity index is 0.000000239.